The molecule has 2 aliphatic heterocycles. The standard InChI is InChI=1S/C22H23ClN4O4/c1-3-22(4-2)20(29)26(21(30)24-22)13-19(28)27-17(18-6-5-11-31-18)12-16(25-27)14-7-9-15(23)10-8-14/h5-12,17,25H,3-4,13H2,1-2H3,(H,24,30)/t17-/m0/s1. The van der Waals surface area contributed by atoms with Crippen molar-refractivity contribution in [2.45, 2.75) is 38.3 Å². The van der Waals surface area contributed by atoms with Gasteiger partial charge in [-0.2, -0.15) is 0 Å². The molecular weight excluding hydrogens is 420 g/mol. The fourth-order valence-electron chi connectivity index (χ4n) is 3.91. The van der Waals surface area contributed by atoms with Gasteiger partial charge in [0.1, 0.15) is 23.9 Å². The number of hydrogen-bond donors (Lipinski definition) is 2. The predicted octanol–water partition coefficient (Wildman–Crippen LogP) is 3.47. The van der Waals surface area contributed by atoms with E-state index in [-0.39, 0.29) is 12.5 Å². The van der Waals surface area contributed by atoms with Crippen LogP contribution in [0.5, 0.6) is 0 Å². The van der Waals surface area contributed by atoms with E-state index in [1.807, 2.05) is 32.1 Å². The third-order valence-electron chi connectivity index (χ3n) is 5.85. The molecule has 1 fully saturated rings. The Morgan fingerprint density at radius 1 is 1.16 bits per heavy atom. The number of hydrogen-bond acceptors (Lipinski definition) is 5. The van der Waals surface area contributed by atoms with E-state index >= 15 is 0 Å². The zero-order valence-corrected chi connectivity index (χ0v) is 18.0. The molecule has 1 aromatic carbocycles. The van der Waals surface area contributed by atoms with Crippen molar-refractivity contribution in [3.8, 4) is 0 Å². The van der Waals surface area contributed by atoms with Crippen LogP contribution in [0, 0.1) is 0 Å². The second-order valence-electron chi connectivity index (χ2n) is 7.53. The molecular formula is C22H23ClN4O4. The molecule has 2 N–H and O–H groups in total. The molecule has 4 rings (SSSR count). The van der Waals surface area contributed by atoms with E-state index in [0.717, 1.165) is 10.5 Å². The average molecular weight is 443 g/mol. The van der Waals surface area contributed by atoms with Crippen LogP contribution in [0.2, 0.25) is 5.02 Å². The zero-order valence-electron chi connectivity index (χ0n) is 17.2. The molecule has 8 nitrogen and oxygen atoms in total. The zero-order chi connectivity index (χ0) is 22.2. The molecule has 9 heteroatoms. The Morgan fingerprint density at radius 2 is 1.87 bits per heavy atom. The van der Waals surface area contributed by atoms with E-state index in [2.05, 4.69) is 10.7 Å². The normalized spacial score (nSPS) is 20.0. The van der Waals surface area contributed by atoms with Crippen molar-refractivity contribution >= 4 is 35.1 Å². The number of benzene rings is 1. The number of hydrazine groups is 1. The average Bonchev–Trinajstić information content (AvgIpc) is 3.49. The highest BCUT2D eigenvalue weighted by molar-refractivity contribution is 6.30. The van der Waals surface area contributed by atoms with Gasteiger partial charge < -0.3 is 9.73 Å². The molecule has 4 amide bonds. The Bertz CT molecular complexity index is 1030. The van der Waals surface area contributed by atoms with Crippen LogP contribution in [0.1, 0.15) is 44.1 Å². The van der Waals surface area contributed by atoms with Gasteiger partial charge in [-0.25, -0.2) is 9.80 Å². The summed E-state index contributed by atoms with van der Waals surface area (Å²) < 4.78 is 5.52. The summed E-state index contributed by atoms with van der Waals surface area (Å²) >= 11 is 5.98. The number of rotatable bonds is 6. The largest absolute Gasteiger partial charge is 0.467 e. The van der Waals surface area contributed by atoms with Crippen molar-refractivity contribution in [3.05, 3.63) is 65.1 Å². The molecule has 1 atom stereocenters. The van der Waals surface area contributed by atoms with Crippen LogP contribution in [-0.2, 0) is 9.59 Å². The van der Waals surface area contributed by atoms with E-state index in [9.17, 15) is 14.4 Å². The summed E-state index contributed by atoms with van der Waals surface area (Å²) in [4.78, 5) is 39.5. The highest BCUT2D eigenvalue weighted by Gasteiger charge is 2.50. The van der Waals surface area contributed by atoms with Crippen LogP contribution in [0.25, 0.3) is 5.70 Å². The molecule has 0 aliphatic carbocycles. The van der Waals surface area contributed by atoms with Crippen molar-refractivity contribution in [1.82, 2.24) is 20.7 Å². The maximum atomic E-state index is 13.2. The molecule has 2 aliphatic rings. The molecule has 0 bridgehead atoms. The van der Waals surface area contributed by atoms with Crippen molar-refractivity contribution in [3.63, 3.8) is 0 Å². The number of amides is 4. The molecule has 0 saturated carbocycles. The fraction of sp³-hybridized carbons (Fsp3) is 0.318. The minimum atomic E-state index is -0.955. The van der Waals surface area contributed by atoms with Gasteiger partial charge in [0.25, 0.3) is 11.8 Å². The number of urea groups is 1. The van der Waals surface area contributed by atoms with E-state index in [0.29, 0.717) is 29.3 Å². The van der Waals surface area contributed by atoms with Crippen LogP contribution < -0.4 is 10.7 Å². The fourth-order valence-corrected chi connectivity index (χ4v) is 4.03. The van der Waals surface area contributed by atoms with Crippen molar-refractivity contribution in [2.75, 3.05) is 6.54 Å². The molecule has 1 saturated heterocycles. The summed E-state index contributed by atoms with van der Waals surface area (Å²) in [6, 6.07) is 9.60. The van der Waals surface area contributed by atoms with Gasteiger partial charge >= 0.3 is 6.03 Å². The van der Waals surface area contributed by atoms with E-state index in [1.54, 1.807) is 24.3 Å². The lowest BCUT2D eigenvalue weighted by Gasteiger charge is -2.26. The Kier molecular flexibility index (Phi) is 5.49. The summed E-state index contributed by atoms with van der Waals surface area (Å²) in [6.45, 7) is 3.30. The molecule has 0 unspecified atom stereocenters. The number of nitrogens with zero attached hydrogens (tertiary/aromatic N) is 2. The molecule has 1 aromatic heterocycles. The Labute approximate surface area is 184 Å². The number of carbonyl (C=O) groups excluding carboxylic acids is 3. The maximum Gasteiger partial charge on any atom is 0.325 e. The lowest BCUT2D eigenvalue weighted by molar-refractivity contribution is -0.141. The minimum Gasteiger partial charge on any atom is -0.467 e. The van der Waals surface area contributed by atoms with Gasteiger partial charge in [-0.3, -0.25) is 19.9 Å². The summed E-state index contributed by atoms with van der Waals surface area (Å²) in [6.07, 6.45) is 4.30. The summed E-state index contributed by atoms with van der Waals surface area (Å²) in [7, 11) is 0. The molecule has 162 valence electrons. The Morgan fingerprint density at radius 3 is 2.45 bits per heavy atom. The summed E-state index contributed by atoms with van der Waals surface area (Å²) in [5.41, 5.74) is 3.66. The number of imide groups is 1. The second-order valence-corrected chi connectivity index (χ2v) is 7.97. The Hall–Kier alpha value is -3.26. The molecule has 3 heterocycles. The van der Waals surface area contributed by atoms with Crippen molar-refractivity contribution in [2.24, 2.45) is 0 Å². The topological polar surface area (TPSA) is 94.9 Å². The first kappa shape index (κ1) is 21.0. The van der Waals surface area contributed by atoms with E-state index in [1.165, 1.54) is 11.3 Å². The van der Waals surface area contributed by atoms with Crippen molar-refractivity contribution < 1.29 is 18.8 Å². The third-order valence-corrected chi connectivity index (χ3v) is 6.10. The number of halogens is 1. The van der Waals surface area contributed by atoms with Crippen LogP contribution in [0.4, 0.5) is 4.79 Å². The van der Waals surface area contributed by atoms with Crippen LogP contribution in [-0.4, -0.2) is 39.8 Å². The molecule has 0 radical (unpaired) electrons. The monoisotopic (exact) mass is 442 g/mol. The lowest BCUT2D eigenvalue weighted by atomic mass is 9.93. The first-order chi connectivity index (χ1) is 14.9. The highest BCUT2D eigenvalue weighted by Crippen LogP contribution is 2.32. The van der Waals surface area contributed by atoms with Crippen LogP contribution in [0.15, 0.2) is 53.2 Å². The van der Waals surface area contributed by atoms with Gasteiger partial charge in [0.15, 0.2) is 0 Å². The summed E-state index contributed by atoms with van der Waals surface area (Å²) in [5, 5.41) is 4.72. The predicted molar refractivity (Wildman–Crippen MR) is 114 cm³/mol. The number of furan rings is 1. The van der Waals surface area contributed by atoms with Crippen LogP contribution in [0.3, 0.4) is 0 Å². The van der Waals surface area contributed by atoms with Crippen molar-refractivity contribution in [1.29, 1.82) is 0 Å². The van der Waals surface area contributed by atoms with Gasteiger partial charge in [-0.1, -0.05) is 37.6 Å². The number of nitrogens with one attached hydrogen (secondary N) is 2. The first-order valence-corrected chi connectivity index (χ1v) is 10.5. The second kappa shape index (κ2) is 8.11. The molecule has 2 aromatic rings. The van der Waals surface area contributed by atoms with Crippen LogP contribution >= 0.6 is 11.6 Å². The lowest BCUT2D eigenvalue weighted by Crippen LogP contribution is -2.48. The summed E-state index contributed by atoms with van der Waals surface area (Å²) in [5.74, 6) is -0.262. The smallest absolute Gasteiger partial charge is 0.325 e. The van der Waals surface area contributed by atoms with Gasteiger partial charge in [0, 0.05) is 5.02 Å². The van der Waals surface area contributed by atoms with E-state index < -0.39 is 23.5 Å². The van der Waals surface area contributed by atoms with Gasteiger partial charge in [-0.15, -0.1) is 0 Å². The minimum absolute atomic E-state index is 0.377. The third kappa shape index (κ3) is 3.67. The maximum absolute atomic E-state index is 13.2. The van der Waals surface area contributed by atoms with Gasteiger partial charge in [0.2, 0.25) is 0 Å². The molecule has 0 spiro atoms. The van der Waals surface area contributed by atoms with E-state index in [4.69, 9.17) is 16.0 Å². The van der Waals surface area contributed by atoms with Gasteiger partial charge in [-0.05, 0) is 48.7 Å². The quantitative estimate of drug-likeness (QED) is 0.668. The highest BCUT2D eigenvalue weighted by atomic mass is 35.5. The SMILES string of the molecule is CCC1(CC)NC(=O)N(CC(=O)N2NC(c3ccc(Cl)cc3)=C[C@H]2c2ccco2)C1=O. The Balaban J connectivity index is 1.58. The number of carbonyl (C=O) groups is 3. The molecule has 31 heavy (non-hydrogen) atoms. The van der Waals surface area contributed by atoms with Gasteiger partial charge in [0.05, 0.1) is 12.0 Å². The first-order valence-electron chi connectivity index (χ1n) is 10.1.